The molecule has 1 fully saturated rings. The second kappa shape index (κ2) is 7.41. The number of hydrogen-bond acceptors (Lipinski definition) is 4. The highest BCUT2D eigenvalue weighted by molar-refractivity contribution is 7.15. The van der Waals surface area contributed by atoms with Crippen LogP contribution >= 0.6 is 11.3 Å². The molecule has 3 nitrogen and oxygen atoms in total. The number of anilines is 1. The Labute approximate surface area is 127 Å². The van der Waals surface area contributed by atoms with Crippen molar-refractivity contribution in [1.29, 1.82) is 0 Å². The smallest absolute Gasteiger partial charge is 0.185 e. The molecule has 0 saturated heterocycles. The molecule has 1 heterocycles. The molecule has 0 bridgehead atoms. The van der Waals surface area contributed by atoms with E-state index in [9.17, 15) is 0 Å². The number of rotatable bonds is 6. The Morgan fingerprint density at radius 3 is 2.85 bits per heavy atom. The van der Waals surface area contributed by atoms with Crippen LogP contribution in [0.1, 0.15) is 56.5 Å². The maximum Gasteiger partial charge on any atom is 0.185 e. The van der Waals surface area contributed by atoms with Crippen LogP contribution < -0.4 is 10.2 Å². The Morgan fingerprint density at radius 1 is 1.40 bits per heavy atom. The molecule has 2 unspecified atom stereocenters. The van der Waals surface area contributed by atoms with Gasteiger partial charge in [0.15, 0.2) is 5.13 Å². The average Bonchev–Trinajstić information content (AvgIpc) is 2.82. The van der Waals surface area contributed by atoms with E-state index in [1.807, 2.05) is 18.4 Å². The fourth-order valence-corrected chi connectivity index (χ4v) is 4.31. The molecule has 20 heavy (non-hydrogen) atoms. The molecule has 114 valence electrons. The Kier molecular flexibility index (Phi) is 5.85. The van der Waals surface area contributed by atoms with E-state index in [2.05, 4.69) is 31.1 Å². The Morgan fingerprint density at radius 2 is 2.20 bits per heavy atom. The summed E-state index contributed by atoms with van der Waals surface area (Å²) in [6.45, 7) is 5.56. The van der Waals surface area contributed by atoms with E-state index in [0.29, 0.717) is 6.04 Å². The molecule has 0 radical (unpaired) electrons. The lowest BCUT2D eigenvalue weighted by molar-refractivity contribution is 0.336. The van der Waals surface area contributed by atoms with E-state index >= 15 is 0 Å². The van der Waals surface area contributed by atoms with Crippen molar-refractivity contribution in [3.63, 3.8) is 0 Å². The summed E-state index contributed by atoms with van der Waals surface area (Å²) in [5.41, 5.74) is 1.30. The van der Waals surface area contributed by atoms with Crippen LogP contribution in [0.15, 0.2) is 0 Å². The standard InChI is InChI=1S/C16H29N3S/c1-5-7-14-15(11-17-3)20-16(18-14)19(4)13-9-6-8-12(2)10-13/h12-13,17H,5-11H2,1-4H3. The summed E-state index contributed by atoms with van der Waals surface area (Å²) in [6, 6.07) is 0.682. The number of thiazole rings is 1. The number of nitrogens with zero attached hydrogens (tertiary/aromatic N) is 2. The summed E-state index contributed by atoms with van der Waals surface area (Å²) in [7, 11) is 4.25. The van der Waals surface area contributed by atoms with Gasteiger partial charge in [-0.2, -0.15) is 0 Å². The van der Waals surface area contributed by atoms with Crippen LogP contribution in [0, 0.1) is 5.92 Å². The van der Waals surface area contributed by atoms with Gasteiger partial charge in [-0.15, -0.1) is 11.3 Å². The maximum absolute atomic E-state index is 4.92. The Hall–Kier alpha value is -0.610. The number of hydrogen-bond donors (Lipinski definition) is 1. The molecule has 1 aliphatic carbocycles. The van der Waals surface area contributed by atoms with Gasteiger partial charge in [0.05, 0.1) is 5.69 Å². The van der Waals surface area contributed by atoms with Crippen molar-refractivity contribution in [2.45, 2.75) is 65.0 Å². The molecule has 4 heteroatoms. The molecule has 1 N–H and O–H groups in total. The quantitative estimate of drug-likeness (QED) is 0.864. The predicted molar refractivity (Wildman–Crippen MR) is 88.7 cm³/mol. The second-order valence-electron chi connectivity index (χ2n) is 6.18. The lowest BCUT2D eigenvalue weighted by Crippen LogP contribution is -2.35. The van der Waals surface area contributed by atoms with Gasteiger partial charge in [0.2, 0.25) is 0 Å². The summed E-state index contributed by atoms with van der Waals surface area (Å²) in [4.78, 5) is 8.78. The first-order valence-electron chi connectivity index (χ1n) is 8.01. The molecule has 0 aromatic carbocycles. The van der Waals surface area contributed by atoms with Gasteiger partial charge in [0.1, 0.15) is 0 Å². The minimum atomic E-state index is 0.682. The summed E-state index contributed by atoms with van der Waals surface area (Å²) < 4.78 is 0. The highest BCUT2D eigenvalue weighted by atomic mass is 32.1. The zero-order valence-electron chi connectivity index (χ0n) is 13.4. The van der Waals surface area contributed by atoms with Crippen molar-refractivity contribution in [2.75, 3.05) is 19.0 Å². The number of aromatic nitrogens is 1. The first kappa shape index (κ1) is 15.8. The van der Waals surface area contributed by atoms with Crippen molar-refractivity contribution >= 4 is 16.5 Å². The molecule has 0 amide bonds. The molecule has 1 aromatic rings. The second-order valence-corrected chi connectivity index (χ2v) is 7.25. The van der Waals surface area contributed by atoms with Crippen LogP contribution in [-0.4, -0.2) is 25.1 Å². The minimum absolute atomic E-state index is 0.682. The van der Waals surface area contributed by atoms with Gasteiger partial charge in [-0.3, -0.25) is 0 Å². The van der Waals surface area contributed by atoms with E-state index < -0.39 is 0 Å². The topological polar surface area (TPSA) is 28.2 Å². The number of nitrogens with one attached hydrogen (secondary N) is 1. The first-order valence-corrected chi connectivity index (χ1v) is 8.83. The first-order chi connectivity index (χ1) is 9.65. The van der Waals surface area contributed by atoms with Crippen molar-refractivity contribution in [2.24, 2.45) is 5.92 Å². The zero-order valence-corrected chi connectivity index (χ0v) is 14.2. The molecule has 1 aromatic heterocycles. The largest absolute Gasteiger partial charge is 0.348 e. The van der Waals surface area contributed by atoms with Crippen LogP contribution in [0.4, 0.5) is 5.13 Å². The van der Waals surface area contributed by atoms with Crippen molar-refractivity contribution < 1.29 is 0 Å². The summed E-state index contributed by atoms with van der Waals surface area (Å²) in [5, 5.41) is 4.49. The van der Waals surface area contributed by atoms with Crippen LogP contribution in [0.3, 0.4) is 0 Å². The SMILES string of the molecule is CCCc1nc(N(C)C2CCCC(C)C2)sc1CNC. The van der Waals surface area contributed by atoms with E-state index in [1.165, 1.54) is 47.8 Å². The monoisotopic (exact) mass is 295 g/mol. The van der Waals surface area contributed by atoms with Gasteiger partial charge in [0, 0.05) is 24.5 Å². The van der Waals surface area contributed by atoms with Crippen LogP contribution in [0.5, 0.6) is 0 Å². The van der Waals surface area contributed by atoms with E-state index in [-0.39, 0.29) is 0 Å². The molecule has 2 atom stereocenters. The Balaban J connectivity index is 2.12. The number of aryl methyl sites for hydroxylation is 1. The van der Waals surface area contributed by atoms with Crippen LogP contribution in [0.2, 0.25) is 0 Å². The highest BCUT2D eigenvalue weighted by Gasteiger charge is 2.25. The van der Waals surface area contributed by atoms with Gasteiger partial charge < -0.3 is 10.2 Å². The summed E-state index contributed by atoms with van der Waals surface area (Å²) in [5.74, 6) is 0.864. The van der Waals surface area contributed by atoms with Crippen LogP contribution in [-0.2, 0) is 13.0 Å². The van der Waals surface area contributed by atoms with Gasteiger partial charge in [-0.1, -0.05) is 33.1 Å². The molecule has 0 aliphatic heterocycles. The van der Waals surface area contributed by atoms with Crippen LogP contribution in [0.25, 0.3) is 0 Å². The normalized spacial score (nSPS) is 23.0. The summed E-state index contributed by atoms with van der Waals surface area (Å²) >= 11 is 1.88. The fraction of sp³-hybridized carbons (Fsp3) is 0.812. The average molecular weight is 295 g/mol. The molecule has 1 saturated carbocycles. The lowest BCUT2D eigenvalue weighted by atomic mass is 9.86. The van der Waals surface area contributed by atoms with Crippen molar-refractivity contribution in [3.8, 4) is 0 Å². The molecular weight excluding hydrogens is 266 g/mol. The summed E-state index contributed by atoms with van der Waals surface area (Å²) in [6.07, 6.45) is 7.68. The van der Waals surface area contributed by atoms with Crippen molar-refractivity contribution in [1.82, 2.24) is 10.3 Å². The molecule has 0 spiro atoms. The minimum Gasteiger partial charge on any atom is -0.348 e. The van der Waals surface area contributed by atoms with Gasteiger partial charge in [-0.05, 0) is 32.2 Å². The fourth-order valence-electron chi connectivity index (χ4n) is 3.16. The molecular formula is C16H29N3S. The third-order valence-electron chi connectivity index (χ3n) is 4.35. The van der Waals surface area contributed by atoms with Gasteiger partial charge in [0.25, 0.3) is 0 Å². The van der Waals surface area contributed by atoms with E-state index in [1.54, 1.807) is 0 Å². The third kappa shape index (κ3) is 3.73. The van der Waals surface area contributed by atoms with E-state index in [0.717, 1.165) is 18.9 Å². The maximum atomic E-state index is 4.92. The highest BCUT2D eigenvalue weighted by Crippen LogP contribution is 2.33. The zero-order chi connectivity index (χ0) is 14.5. The van der Waals surface area contributed by atoms with E-state index in [4.69, 9.17) is 4.98 Å². The van der Waals surface area contributed by atoms with Crippen molar-refractivity contribution in [3.05, 3.63) is 10.6 Å². The Bertz CT molecular complexity index is 392. The van der Waals surface area contributed by atoms with Gasteiger partial charge in [-0.25, -0.2) is 4.98 Å². The third-order valence-corrected chi connectivity index (χ3v) is 5.54. The molecule has 2 rings (SSSR count). The lowest BCUT2D eigenvalue weighted by Gasteiger charge is -2.33. The predicted octanol–water partition coefficient (Wildman–Crippen LogP) is 3.83. The molecule has 1 aliphatic rings. The van der Waals surface area contributed by atoms with Gasteiger partial charge >= 0.3 is 0 Å².